The molecule has 0 aliphatic carbocycles. The molecule has 1 aromatic heterocycles. The molecular weight excluding hydrogens is 268 g/mol. The van der Waals surface area contributed by atoms with Gasteiger partial charge in [0, 0.05) is 17.1 Å². The Morgan fingerprint density at radius 2 is 2.10 bits per heavy atom. The maximum atomic E-state index is 11.2. The topological polar surface area (TPSA) is 71.5 Å². The highest BCUT2D eigenvalue weighted by molar-refractivity contribution is 5.84. The van der Waals surface area contributed by atoms with Crippen LogP contribution in [-0.4, -0.2) is 34.8 Å². The molecule has 0 fully saturated rings. The van der Waals surface area contributed by atoms with Crippen molar-refractivity contribution in [3.8, 4) is 5.75 Å². The number of fused-ring (bicyclic) bond motifs is 1. The number of nitrogens with zero attached hydrogens (tertiary/aromatic N) is 1. The Hall–Kier alpha value is -2.14. The molecule has 0 aliphatic rings. The van der Waals surface area contributed by atoms with Crippen molar-refractivity contribution in [2.75, 3.05) is 6.61 Å². The number of rotatable bonds is 6. The summed E-state index contributed by atoms with van der Waals surface area (Å²) in [6.07, 6.45) is 0. The van der Waals surface area contributed by atoms with Gasteiger partial charge in [0.1, 0.15) is 23.9 Å². The minimum Gasteiger partial charge on any atom is -0.489 e. The van der Waals surface area contributed by atoms with Gasteiger partial charge in [-0.1, -0.05) is 32.0 Å². The quantitative estimate of drug-likeness (QED) is 0.854. The molecule has 0 saturated carbocycles. The average Bonchev–Trinajstić information content (AvgIpc) is 2.42. The lowest BCUT2D eigenvalue weighted by molar-refractivity contribution is -0.140. The monoisotopic (exact) mass is 288 g/mol. The molecule has 1 unspecified atom stereocenters. The predicted molar refractivity (Wildman–Crippen MR) is 81.7 cm³/mol. The van der Waals surface area contributed by atoms with E-state index in [0.29, 0.717) is 5.75 Å². The first-order chi connectivity index (χ1) is 9.97. The van der Waals surface area contributed by atoms with Gasteiger partial charge in [-0.15, -0.1) is 0 Å². The molecule has 21 heavy (non-hydrogen) atoms. The van der Waals surface area contributed by atoms with Crippen molar-refractivity contribution in [1.82, 2.24) is 10.3 Å². The average molecular weight is 288 g/mol. The third-order valence-corrected chi connectivity index (χ3v) is 3.06. The Balaban J connectivity index is 2.19. The van der Waals surface area contributed by atoms with Crippen LogP contribution in [0.3, 0.4) is 0 Å². The molecule has 0 aliphatic heterocycles. The Bertz CT molecular complexity index is 640. The first-order valence-electron chi connectivity index (χ1n) is 6.95. The highest BCUT2D eigenvalue weighted by Gasteiger charge is 2.19. The zero-order valence-corrected chi connectivity index (χ0v) is 12.5. The van der Waals surface area contributed by atoms with Gasteiger partial charge in [0.05, 0.1) is 0 Å². The predicted octanol–water partition coefficient (Wildman–Crippen LogP) is 2.37. The second-order valence-corrected chi connectivity index (χ2v) is 5.30. The van der Waals surface area contributed by atoms with Gasteiger partial charge >= 0.3 is 5.97 Å². The normalized spacial score (nSPS) is 12.6. The number of para-hydroxylation sites is 1. The number of carboxylic acids is 1. The molecule has 0 spiro atoms. The second-order valence-electron chi connectivity index (χ2n) is 5.30. The van der Waals surface area contributed by atoms with Crippen LogP contribution < -0.4 is 10.1 Å². The van der Waals surface area contributed by atoms with Crippen LogP contribution in [-0.2, 0) is 4.79 Å². The van der Waals surface area contributed by atoms with Crippen molar-refractivity contribution in [1.29, 1.82) is 0 Å². The molecular formula is C16H20N2O3. The highest BCUT2D eigenvalue weighted by atomic mass is 16.5. The fraction of sp³-hybridized carbons (Fsp3) is 0.375. The Morgan fingerprint density at radius 3 is 2.76 bits per heavy atom. The Kier molecular flexibility index (Phi) is 4.75. The van der Waals surface area contributed by atoms with Gasteiger partial charge in [-0.25, -0.2) is 4.98 Å². The van der Waals surface area contributed by atoms with Crippen LogP contribution in [0.2, 0.25) is 0 Å². The molecule has 0 bridgehead atoms. The van der Waals surface area contributed by atoms with E-state index < -0.39 is 12.0 Å². The lowest BCUT2D eigenvalue weighted by atomic mass is 10.2. The fourth-order valence-corrected chi connectivity index (χ4v) is 2.10. The van der Waals surface area contributed by atoms with Gasteiger partial charge in [0.2, 0.25) is 0 Å². The van der Waals surface area contributed by atoms with Crippen molar-refractivity contribution in [3.63, 3.8) is 0 Å². The number of nitrogens with one attached hydrogen (secondary N) is 1. The zero-order chi connectivity index (χ0) is 15.4. The maximum Gasteiger partial charge on any atom is 0.324 e. The summed E-state index contributed by atoms with van der Waals surface area (Å²) in [4.78, 5) is 15.7. The molecule has 5 heteroatoms. The summed E-state index contributed by atoms with van der Waals surface area (Å²) in [5.74, 6) is -0.318. The van der Waals surface area contributed by atoms with Gasteiger partial charge in [-0.05, 0) is 19.1 Å². The van der Waals surface area contributed by atoms with E-state index in [1.54, 1.807) is 0 Å². The Labute approximate surface area is 124 Å². The van der Waals surface area contributed by atoms with Crippen LogP contribution in [0.15, 0.2) is 30.3 Å². The molecule has 0 saturated heterocycles. The van der Waals surface area contributed by atoms with Gasteiger partial charge in [-0.2, -0.15) is 0 Å². The molecule has 2 N–H and O–H groups in total. The Morgan fingerprint density at radius 1 is 1.33 bits per heavy atom. The summed E-state index contributed by atoms with van der Waals surface area (Å²) >= 11 is 0. The van der Waals surface area contributed by atoms with E-state index in [-0.39, 0.29) is 12.6 Å². The van der Waals surface area contributed by atoms with Crippen LogP contribution in [0, 0.1) is 6.92 Å². The van der Waals surface area contributed by atoms with Crippen molar-refractivity contribution < 1.29 is 14.6 Å². The van der Waals surface area contributed by atoms with Gasteiger partial charge in [0.15, 0.2) is 0 Å². The van der Waals surface area contributed by atoms with E-state index in [1.165, 1.54) is 0 Å². The molecule has 112 valence electrons. The van der Waals surface area contributed by atoms with E-state index in [9.17, 15) is 9.90 Å². The van der Waals surface area contributed by atoms with Gasteiger partial charge < -0.3 is 9.84 Å². The lowest BCUT2D eigenvalue weighted by Crippen LogP contribution is -2.44. The summed E-state index contributed by atoms with van der Waals surface area (Å²) in [5.41, 5.74) is 1.65. The van der Waals surface area contributed by atoms with E-state index in [2.05, 4.69) is 10.3 Å². The molecule has 1 atom stereocenters. The summed E-state index contributed by atoms with van der Waals surface area (Å²) < 4.78 is 5.69. The summed E-state index contributed by atoms with van der Waals surface area (Å²) in [7, 11) is 0. The number of ether oxygens (including phenoxy) is 1. The molecule has 2 rings (SSSR count). The first-order valence-corrected chi connectivity index (χ1v) is 6.95. The third-order valence-electron chi connectivity index (χ3n) is 3.06. The number of benzene rings is 1. The number of hydrogen-bond donors (Lipinski definition) is 2. The standard InChI is InChI=1S/C16H20N2O3/c1-10(2)17-13(16(19)20)9-21-14-6-4-5-12-8-7-11(3)18-15(12)14/h4-8,10,13,17H,9H2,1-3H3,(H,19,20). The summed E-state index contributed by atoms with van der Waals surface area (Å²) in [6.45, 7) is 5.77. The van der Waals surface area contributed by atoms with Crippen LogP contribution >= 0.6 is 0 Å². The van der Waals surface area contributed by atoms with E-state index in [4.69, 9.17) is 4.74 Å². The molecule has 1 heterocycles. The summed E-state index contributed by atoms with van der Waals surface area (Å²) in [5, 5.41) is 13.1. The van der Waals surface area contributed by atoms with Gasteiger partial charge in [-0.3, -0.25) is 10.1 Å². The minimum absolute atomic E-state index is 0.0578. The number of carbonyl (C=O) groups is 1. The maximum absolute atomic E-state index is 11.2. The largest absolute Gasteiger partial charge is 0.489 e. The van der Waals surface area contributed by atoms with Crippen molar-refractivity contribution >= 4 is 16.9 Å². The highest BCUT2D eigenvalue weighted by Crippen LogP contribution is 2.24. The minimum atomic E-state index is -0.923. The molecule has 0 radical (unpaired) electrons. The smallest absolute Gasteiger partial charge is 0.324 e. The number of hydrogen-bond acceptors (Lipinski definition) is 4. The number of carboxylic acid groups (broad SMARTS) is 1. The van der Waals surface area contributed by atoms with Gasteiger partial charge in [0.25, 0.3) is 0 Å². The van der Waals surface area contributed by atoms with Crippen molar-refractivity contribution in [2.24, 2.45) is 0 Å². The number of pyridine rings is 1. The number of aryl methyl sites for hydroxylation is 1. The molecule has 5 nitrogen and oxygen atoms in total. The second kappa shape index (κ2) is 6.54. The zero-order valence-electron chi connectivity index (χ0n) is 12.5. The van der Waals surface area contributed by atoms with Crippen molar-refractivity contribution in [2.45, 2.75) is 32.9 Å². The SMILES string of the molecule is Cc1ccc2cccc(OCC(NC(C)C)C(=O)O)c2n1. The number of aromatic nitrogens is 1. The number of aliphatic carboxylic acids is 1. The van der Waals surface area contributed by atoms with E-state index >= 15 is 0 Å². The summed E-state index contributed by atoms with van der Waals surface area (Å²) in [6, 6.07) is 8.88. The molecule has 2 aromatic rings. The molecule has 0 amide bonds. The van der Waals surface area contributed by atoms with Crippen LogP contribution in [0.4, 0.5) is 0 Å². The van der Waals surface area contributed by atoms with E-state index in [1.807, 2.05) is 51.1 Å². The third kappa shape index (κ3) is 3.92. The van der Waals surface area contributed by atoms with Crippen LogP contribution in [0.25, 0.3) is 10.9 Å². The fourth-order valence-electron chi connectivity index (χ4n) is 2.10. The lowest BCUT2D eigenvalue weighted by Gasteiger charge is -2.18. The van der Waals surface area contributed by atoms with Crippen molar-refractivity contribution in [3.05, 3.63) is 36.0 Å². The van der Waals surface area contributed by atoms with Crippen LogP contribution in [0.1, 0.15) is 19.5 Å². The molecule has 1 aromatic carbocycles. The van der Waals surface area contributed by atoms with Crippen LogP contribution in [0.5, 0.6) is 5.75 Å². The van der Waals surface area contributed by atoms with E-state index in [0.717, 1.165) is 16.6 Å². The first kappa shape index (κ1) is 15.3.